The van der Waals surface area contributed by atoms with Gasteiger partial charge in [0, 0.05) is 24.3 Å². The molecule has 1 aromatic carbocycles. The predicted octanol–water partition coefficient (Wildman–Crippen LogP) is 1.68. The van der Waals surface area contributed by atoms with E-state index in [0.29, 0.717) is 16.4 Å². The number of aliphatic hydroxyl groups is 1. The number of likely N-dealkylation sites (tertiary alicyclic amines) is 1. The minimum atomic E-state index is -0.579. The molecule has 4 heteroatoms. The highest BCUT2D eigenvalue weighted by Gasteiger charge is 2.67. The number of likely N-dealkylation sites (N-methyl/N-ethyl adjacent to an activating group) is 1. The van der Waals surface area contributed by atoms with E-state index < -0.39 is 6.10 Å². The van der Waals surface area contributed by atoms with Crippen molar-refractivity contribution in [3.05, 3.63) is 42.5 Å². The molecule has 6 unspecified atom stereocenters. The summed E-state index contributed by atoms with van der Waals surface area (Å²) in [5, 5.41) is 10.6. The number of rotatable bonds is 1. The van der Waals surface area contributed by atoms with Crippen molar-refractivity contribution in [1.29, 1.82) is 0 Å². The summed E-state index contributed by atoms with van der Waals surface area (Å²) in [7, 11) is 10.4. The minimum absolute atomic E-state index is 0.159. The van der Waals surface area contributed by atoms with Crippen LogP contribution in [0, 0.1) is 13.0 Å². The number of quaternary nitrogens is 1. The van der Waals surface area contributed by atoms with E-state index >= 15 is 0 Å². The van der Waals surface area contributed by atoms with Gasteiger partial charge in [0.1, 0.15) is 18.2 Å². The van der Waals surface area contributed by atoms with Gasteiger partial charge < -0.3 is 19.1 Å². The van der Waals surface area contributed by atoms with E-state index in [0.717, 1.165) is 30.9 Å². The van der Waals surface area contributed by atoms with Crippen LogP contribution in [0.15, 0.2) is 24.3 Å². The van der Waals surface area contributed by atoms with E-state index in [4.69, 9.17) is 16.5 Å². The molecule has 0 amide bonds. The molecule has 2 bridgehead atoms. The van der Waals surface area contributed by atoms with Crippen LogP contribution in [0.3, 0.4) is 0 Å². The molecule has 0 saturated carbocycles. The molecule has 5 rings (SSSR count). The lowest BCUT2D eigenvalue weighted by Gasteiger charge is -2.58. The van der Waals surface area contributed by atoms with E-state index in [1.165, 1.54) is 11.1 Å². The summed E-state index contributed by atoms with van der Waals surface area (Å²) in [5.41, 5.74) is 2.42. The lowest BCUT2D eigenvalue weighted by molar-refractivity contribution is -0.903. The first kappa shape index (κ1) is 13.9. The third-order valence-corrected chi connectivity index (χ3v) is 6.67. The van der Waals surface area contributed by atoms with Gasteiger partial charge in [0.2, 0.25) is 7.05 Å². The quantitative estimate of drug-likeness (QED) is 0.633. The summed E-state index contributed by atoms with van der Waals surface area (Å²) in [6.45, 7) is 0.900. The van der Waals surface area contributed by atoms with Gasteiger partial charge in [0.25, 0.3) is 0 Å². The average molecular weight is 312 g/mol. The van der Waals surface area contributed by atoms with E-state index in [-0.39, 0.29) is 11.5 Å². The Kier molecular flexibility index (Phi) is 2.48. The number of piperidine rings is 1. The smallest absolute Gasteiger partial charge is 0.206 e. The van der Waals surface area contributed by atoms with Crippen LogP contribution in [0.2, 0.25) is 0 Å². The van der Waals surface area contributed by atoms with E-state index in [2.05, 4.69) is 19.2 Å². The number of hydrogen-bond acceptors (Lipinski definition) is 3. The van der Waals surface area contributed by atoms with Gasteiger partial charge in [-0.2, -0.15) is 0 Å². The van der Waals surface area contributed by atoms with Crippen molar-refractivity contribution in [3.8, 4) is 11.5 Å². The molecule has 4 aliphatic rings. The Morgan fingerprint density at radius 3 is 3.00 bits per heavy atom. The van der Waals surface area contributed by atoms with Crippen molar-refractivity contribution in [2.75, 3.05) is 20.7 Å². The summed E-state index contributed by atoms with van der Waals surface area (Å²) in [4.78, 5) is 0. The van der Waals surface area contributed by atoms with Crippen LogP contribution in [0.1, 0.15) is 17.5 Å². The van der Waals surface area contributed by atoms with E-state index in [9.17, 15) is 5.11 Å². The van der Waals surface area contributed by atoms with Crippen LogP contribution in [0.5, 0.6) is 11.5 Å². The number of ether oxygens (including phenoxy) is 2. The predicted molar refractivity (Wildman–Crippen MR) is 85.2 cm³/mol. The molecule has 120 valence electrons. The van der Waals surface area contributed by atoms with Gasteiger partial charge in [-0.3, -0.25) is 0 Å². The summed E-state index contributed by atoms with van der Waals surface area (Å²) >= 11 is 0. The number of methoxy groups -OCH3 is 1. The summed E-state index contributed by atoms with van der Waals surface area (Å²) < 4.78 is 12.4. The van der Waals surface area contributed by atoms with Crippen LogP contribution in [0.4, 0.5) is 0 Å². The molecule has 4 nitrogen and oxygen atoms in total. The third kappa shape index (κ3) is 1.45. The largest absolute Gasteiger partial charge is 0.493 e. The number of benzene rings is 1. The molecule has 1 saturated heterocycles. The van der Waals surface area contributed by atoms with Crippen molar-refractivity contribution in [3.63, 3.8) is 0 Å². The highest BCUT2D eigenvalue weighted by molar-refractivity contribution is 5.61. The normalized spacial score (nSPS) is 41.2. The average Bonchev–Trinajstić information content (AvgIpc) is 2.88. The second-order valence-corrected chi connectivity index (χ2v) is 7.70. The maximum atomic E-state index is 10.6. The zero-order valence-corrected chi connectivity index (χ0v) is 13.5. The standard InChI is InChI=1S/C19H22NO3/c1-20(2)9-8-19-12-5-6-14(21)18(19)23-17-15(22-3)7-4-11(16(17)19)10-13(12)20/h1,4-7,12-14,18,21H,8-10H2,2-3H3/q+1. The molecular formula is C19H22NO3+. The molecule has 0 aromatic heterocycles. The Labute approximate surface area is 136 Å². The molecule has 2 radical (unpaired) electrons. The number of hydrogen-bond donors (Lipinski definition) is 1. The topological polar surface area (TPSA) is 38.7 Å². The van der Waals surface area contributed by atoms with E-state index in [1.54, 1.807) is 7.11 Å². The van der Waals surface area contributed by atoms with Crippen LogP contribution < -0.4 is 9.47 Å². The Hall–Kier alpha value is -1.52. The number of nitrogens with zero attached hydrogens (tertiary/aromatic N) is 1. The van der Waals surface area contributed by atoms with Crippen molar-refractivity contribution >= 4 is 0 Å². The zero-order valence-electron chi connectivity index (χ0n) is 13.5. The molecule has 1 N–H and O–H groups in total. The summed E-state index contributed by atoms with van der Waals surface area (Å²) in [6.07, 6.45) is 5.16. The van der Waals surface area contributed by atoms with Crippen LogP contribution >= 0.6 is 0 Å². The van der Waals surface area contributed by atoms with Crippen LogP contribution in [-0.2, 0) is 11.8 Å². The molecule has 6 atom stereocenters. The Morgan fingerprint density at radius 1 is 1.39 bits per heavy atom. The van der Waals surface area contributed by atoms with Crippen molar-refractivity contribution < 1.29 is 19.1 Å². The number of aliphatic hydroxyl groups excluding tert-OH is 1. The monoisotopic (exact) mass is 312 g/mol. The second-order valence-electron chi connectivity index (χ2n) is 7.70. The maximum Gasteiger partial charge on any atom is 0.206 e. The van der Waals surface area contributed by atoms with Gasteiger partial charge in [0.05, 0.1) is 26.1 Å². The Balaban J connectivity index is 1.82. The lowest BCUT2D eigenvalue weighted by Crippen LogP contribution is -2.69. The van der Waals surface area contributed by atoms with Gasteiger partial charge in [0.15, 0.2) is 11.5 Å². The summed E-state index contributed by atoms with van der Waals surface area (Å²) in [6, 6.07) is 4.47. The van der Waals surface area contributed by atoms with Crippen LogP contribution in [-0.4, -0.2) is 48.5 Å². The first-order chi connectivity index (χ1) is 11.0. The molecule has 23 heavy (non-hydrogen) atoms. The molecule has 2 aliphatic carbocycles. The molecule has 1 aromatic rings. The minimum Gasteiger partial charge on any atom is -0.493 e. The molecule has 1 spiro atoms. The molecule has 1 fully saturated rings. The maximum absolute atomic E-state index is 10.6. The lowest BCUT2D eigenvalue weighted by atomic mass is 9.53. The Bertz CT molecular complexity index is 726. The third-order valence-electron chi connectivity index (χ3n) is 6.67. The fraction of sp³-hybridized carbons (Fsp3) is 0.526. The van der Waals surface area contributed by atoms with Gasteiger partial charge in [-0.25, -0.2) is 0 Å². The van der Waals surface area contributed by atoms with E-state index in [1.807, 2.05) is 12.1 Å². The van der Waals surface area contributed by atoms with Gasteiger partial charge in [-0.1, -0.05) is 18.2 Å². The first-order valence-corrected chi connectivity index (χ1v) is 8.36. The van der Waals surface area contributed by atoms with Crippen molar-refractivity contribution in [1.82, 2.24) is 0 Å². The SMILES string of the molecule is [CH][N+]1(C)CCC23c4c5ccc(OC)c4OC2C(O)C=CC3C1C5. The zero-order chi connectivity index (χ0) is 16.0. The van der Waals surface area contributed by atoms with Gasteiger partial charge in [-0.15, -0.1) is 0 Å². The Morgan fingerprint density at radius 2 is 2.22 bits per heavy atom. The van der Waals surface area contributed by atoms with Crippen LogP contribution in [0.25, 0.3) is 0 Å². The fourth-order valence-electron chi connectivity index (χ4n) is 5.60. The first-order valence-electron chi connectivity index (χ1n) is 8.36. The van der Waals surface area contributed by atoms with Crippen molar-refractivity contribution in [2.45, 2.75) is 36.5 Å². The van der Waals surface area contributed by atoms with Gasteiger partial charge >= 0.3 is 0 Å². The summed E-state index contributed by atoms with van der Waals surface area (Å²) in [5.74, 6) is 1.92. The second kappa shape index (κ2) is 4.11. The van der Waals surface area contributed by atoms with Crippen molar-refractivity contribution in [2.24, 2.45) is 5.92 Å². The highest BCUT2D eigenvalue weighted by atomic mass is 16.5. The molecular weight excluding hydrogens is 290 g/mol. The van der Waals surface area contributed by atoms with Gasteiger partial charge in [-0.05, 0) is 11.6 Å². The fourth-order valence-corrected chi connectivity index (χ4v) is 5.60. The molecule has 2 heterocycles. The molecule has 2 aliphatic heterocycles. The highest BCUT2D eigenvalue weighted by Crippen LogP contribution is 2.63.